The summed E-state index contributed by atoms with van der Waals surface area (Å²) < 4.78 is 0. The standard InChI is InChI=1S/C40H44N6O3/c47-38(32-16-20-46(21-17-32)40(49)41-34-14-8-3-9-15-34)44-22-18-35(19-23-44)43-24-26-45(27-25-43)39(48)33-28-36(30-10-4-1-5-11-30)42-37(29-33)31-12-6-2-7-13-31/h1-15,28-29,32,35H,16-27H2,(H,41,49). The van der Waals surface area contributed by atoms with Gasteiger partial charge in [0.15, 0.2) is 0 Å². The number of urea groups is 1. The smallest absolute Gasteiger partial charge is 0.321 e. The summed E-state index contributed by atoms with van der Waals surface area (Å²) in [5, 5.41) is 2.95. The summed E-state index contributed by atoms with van der Waals surface area (Å²) in [7, 11) is 0. The lowest BCUT2D eigenvalue weighted by Gasteiger charge is -2.43. The number of benzene rings is 3. The number of carbonyl (C=O) groups excluding carboxylic acids is 3. The number of anilines is 1. The molecule has 0 bridgehead atoms. The maximum absolute atomic E-state index is 13.9. The number of nitrogens with one attached hydrogen (secondary N) is 1. The lowest BCUT2D eigenvalue weighted by molar-refractivity contribution is -0.138. The third-order valence-corrected chi connectivity index (χ3v) is 10.3. The molecule has 0 atom stereocenters. The minimum Gasteiger partial charge on any atom is -0.342 e. The van der Waals surface area contributed by atoms with E-state index >= 15 is 0 Å². The molecule has 0 saturated carbocycles. The molecule has 4 aromatic rings. The lowest BCUT2D eigenvalue weighted by Crippen LogP contribution is -2.55. The SMILES string of the molecule is O=C(Nc1ccccc1)N1CCC(C(=O)N2CCC(N3CCN(C(=O)c4cc(-c5ccccc5)nc(-c5ccccc5)c4)CC3)CC2)CC1. The molecule has 0 unspecified atom stereocenters. The van der Waals surface area contributed by atoms with Gasteiger partial charge in [0.05, 0.1) is 11.4 Å². The van der Waals surface area contributed by atoms with E-state index in [-0.39, 0.29) is 23.8 Å². The molecule has 252 valence electrons. The first-order valence-electron chi connectivity index (χ1n) is 17.6. The third kappa shape index (κ3) is 7.67. The highest BCUT2D eigenvalue weighted by Gasteiger charge is 2.34. The molecule has 4 amide bonds. The summed E-state index contributed by atoms with van der Waals surface area (Å²) in [6.45, 7) is 5.73. The monoisotopic (exact) mass is 656 g/mol. The number of likely N-dealkylation sites (tertiary alicyclic amines) is 2. The van der Waals surface area contributed by atoms with E-state index in [4.69, 9.17) is 4.98 Å². The van der Waals surface area contributed by atoms with Crippen LogP contribution < -0.4 is 5.32 Å². The van der Waals surface area contributed by atoms with E-state index in [2.05, 4.69) is 10.2 Å². The number of carbonyl (C=O) groups is 3. The predicted molar refractivity (Wildman–Crippen MR) is 192 cm³/mol. The second-order valence-corrected chi connectivity index (χ2v) is 13.3. The van der Waals surface area contributed by atoms with Crippen molar-refractivity contribution in [1.82, 2.24) is 24.6 Å². The number of para-hydroxylation sites is 1. The van der Waals surface area contributed by atoms with Crippen molar-refractivity contribution < 1.29 is 14.4 Å². The zero-order valence-electron chi connectivity index (χ0n) is 27.9. The molecule has 4 heterocycles. The largest absolute Gasteiger partial charge is 0.342 e. The molecular formula is C40H44N6O3. The number of hydrogen-bond acceptors (Lipinski definition) is 5. The van der Waals surface area contributed by atoms with Gasteiger partial charge in [-0.2, -0.15) is 0 Å². The second kappa shape index (κ2) is 15.0. The van der Waals surface area contributed by atoms with Gasteiger partial charge < -0.3 is 20.0 Å². The molecule has 0 radical (unpaired) electrons. The van der Waals surface area contributed by atoms with Gasteiger partial charge in [0, 0.05) is 86.7 Å². The van der Waals surface area contributed by atoms with Crippen molar-refractivity contribution in [3.05, 3.63) is 109 Å². The molecule has 3 fully saturated rings. The Morgan fingerprint density at radius 2 is 1.08 bits per heavy atom. The summed E-state index contributed by atoms with van der Waals surface area (Å²) in [6, 6.07) is 33.7. The van der Waals surface area contributed by atoms with Crippen molar-refractivity contribution >= 4 is 23.5 Å². The zero-order valence-corrected chi connectivity index (χ0v) is 27.9. The Bertz CT molecular complexity index is 1670. The van der Waals surface area contributed by atoms with Crippen LogP contribution in [-0.2, 0) is 4.79 Å². The number of nitrogens with zero attached hydrogens (tertiary/aromatic N) is 5. The van der Waals surface area contributed by atoms with Crippen LogP contribution in [0.25, 0.3) is 22.5 Å². The molecule has 1 N–H and O–H groups in total. The Hall–Kier alpha value is -5.02. The van der Waals surface area contributed by atoms with Crippen molar-refractivity contribution in [2.45, 2.75) is 31.7 Å². The van der Waals surface area contributed by atoms with E-state index in [1.165, 1.54) is 0 Å². The molecular weight excluding hydrogens is 612 g/mol. The Balaban J connectivity index is 0.899. The van der Waals surface area contributed by atoms with Gasteiger partial charge in [-0.25, -0.2) is 9.78 Å². The maximum Gasteiger partial charge on any atom is 0.321 e. The van der Waals surface area contributed by atoms with Crippen molar-refractivity contribution in [1.29, 1.82) is 0 Å². The van der Waals surface area contributed by atoms with E-state index in [0.29, 0.717) is 50.6 Å². The van der Waals surface area contributed by atoms with Gasteiger partial charge in [-0.15, -0.1) is 0 Å². The van der Waals surface area contributed by atoms with Gasteiger partial charge in [0.25, 0.3) is 5.91 Å². The molecule has 3 aliphatic heterocycles. The number of amides is 4. The second-order valence-electron chi connectivity index (χ2n) is 13.3. The van der Waals surface area contributed by atoms with Gasteiger partial charge in [0.1, 0.15) is 0 Å². The fourth-order valence-corrected chi connectivity index (χ4v) is 7.40. The Morgan fingerprint density at radius 1 is 0.571 bits per heavy atom. The van der Waals surface area contributed by atoms with Crippen LogP contribution in [0.5, 0.6) is 0 Å². The summed E-state index contributed by atoms with van der Waals surface area (Å²) in [4.78, 5) is 53.2. The van der Waals surface area contributed by atoms with E-state index in [1.54, 1.807) is 0 Å². The maximum atomic E-state index is 13.9. The average Bonchev–Trinajstić information content (AvgIpc) is 3.18. The highest BCUT2D eigenvalue weighted by atomic mass is 16.2. The van der Waals surface area contributed by atoms with Crippen LogP contribution in [0, 0.1) is 5.92 Å². The van der Waals surface area contributed by atoms with Crippen molar-refractivity contribution in [3.8, 4) is 22.5 Å². The Labute approximate surface area is 288 Å². The summed E-state index contributed by atoms with van der Waals surface area (Å²) >= 11 is 0. The highest BCUT2D eigenvalue weighted by Crippen LogP contribution is 2.28. The molecule has 3 saturated heterocycles. The molecule has 3 aliphatic rings. The van der Waals surface area contributed by atoms with Crippen LogP contribution in [0.2, 0.25) is 0 Å². The summed E-state index contributed by atoms with van der Waals surface area (Å²) in [6.07, 6.45) is 3.30. The lowest BCUT2D eigenvalue weighted by atomic mass is 9.93. The van der Waals surface area contributed by atoms with E-state index < -0.39 is 0 Å². The van der Waals surface area contributed by atoms with Gasteiger partial charge >= 0.3 is 6.03 Å². The quantitative estimate of drug-likeness (QED) is 0.271. The van der Waals surface area contributed by atoms with Crippen LogP contribution in [0.15, 0.2) is 103 Å². The molecule has 9 heteroatoms. The van der Waals surface area contributed by atoms with Crippen molar-refractivity contribution in [2.75, 3.05) is 57.7 Å². The third-order valence-electron chi connectivity index (χ3n) is 10.3. The first-order chi connectivity index (χ1) is 24.0. The number of pyridine rings is 1. The van der Waals surface area contributed by atoms with Gasteiger partial charge in [-0.3, -0.25) is 14.5 Å². The Morgan fingerprint density at radius 3 is 1.63 bits per heavy atom. The van der Waals surface area contributed by atoms with E-state index in [0.717, 1.165) is 67.2 Å². The van der Waals surface area contributed by atoms with Crippen LogP contribution >= 0.6 is 0 Å². The van der Waals surface area contributed by atoms with Crippen LogP contribution in [0.3, 0.4) is 0 Å². The minimum atomic E-state index is -0.102. The first kappa shape index (κ1) is 32.5. The predicted octanol–water partition coefficient (Wildman–Crippen LogP) is 6.11. The average molecular weight is 657 g/mol. The van der Waals surface area contributed by atoms with Gasteiger partial charge in [-0.1, -0.05) is 78.9 Å². The van der Waals surface area contributed by atoms with Crippen molar-refractivity contribution in [2.24, 2.45) is 5.92 Å². The van der Waals surface area contributed by atoms with E-state index in [1.807, 2.05) is 118 Å². The molecule has 0 aliphatic carbocycles. The van der Waals surface area contributed by atoms with Gasteiger partial charge in [-0.05, 0) is 49.9 Å². The number of rotatable bonds is 6. The van der Waals surface area contributed by atoms with Crippen LogP contribution in [0.4, 0.5) is 10.5 Å². The van der Waals surface area contributed by atoms with Crippen LogP contribution in [0.1, 0.15) is 36.0 Å². The normalized spacial score (nSPS) is 17.9. The van der Waals surface area contributed by atoms with E-state index in [9.17, 15) is 14.4 Å². The molecule has 9 nitrogen and oxygen atoms in total. The highest BCUT2D eigenvalue weighted by molar-refractivity contribution is 5.96. The van der Waals surface area contributed by atoms with Crippen LogP contribution in [-0.4, -0.2) is 101 Å². The molecule has 1 aromatic heterocycles. The fraction of sp³-hybridized carbons (Fsp3) is 0.350. The van der Waals surface area contributed by atoms with Crippen molar-refractivity contribution in [3.63, 3.8) is 0 Å². The fourth-order valence-electron chi connectivity index (χ4n) is 7.40. The van der Waals surface area contributed by atoms with Gasteiger partial charge in [0.2, 0.25) is 5.91 Å². The molecule has 7 rings (SSSR count). The zero-order chi connectivity index (χ0) is 33.6. The topological polar surface area (TPSA) is 89.1 Å². The number of hydrogen-bond donors (Lipinski definition) is 1. The first-order valence-corrected chi connectivity index (χ1v) is 17.6. The minimum absolute atomic E-state index is 0.0233. The summed E-state index contributed by atoms with van der Waals surface area (Å²) in [5.74, 6) is 0.254. The Kier molecular flexibility index (Phi) is 9.98. The number of piperidine rings is 2. The number of aromatic nitrogens is 1. The number of piperazine rings is 1. The molecule has 49 heavy (non-hydrogen) atoms. The summed E-state index contributed by atoms with van der Waals surface area (Å²) in [5.41, 5.74) is 5.01. The molecule has 3 aromatic carbocycles. The molecule has 0 spiro atoms.